The van der Waals surface area contributed by atoms with Crippen molar-refractivity contribution in [1.82, 2.24) is 15.0 Å². The molecular weight excluding hydrogens is 158 g/mol. The number of aromatic hydroxyl groups is 2. The quantitative estimate of drug-likeness (QED) is 0.553. The molecule has 12 heavy (non-hydrogen) atoms. The minimum absolute atomic E-state index is 0.178. The van der Waals surface area contributed by atoms with Crippen molar-refractivity contribution in [2.75, 3.05) is 0 Å². The van der Waals surface area contributed by atoms with Crippen LogP contribution in [0.3, 0.4) is 0 Å². The van der Waals surface area contributed by atoms with Gasteiger partial charge in [0.05, 0.1) is 0 Å². The molecule has 0 atom stereocenters. The lowest BCUT2D eigenvalue weighted by molar-refractivity contribution is 0.405. The molecule has 2 aromatic rings. The van der Waals surface area contributed by atoms with E-state index in [1.807, 2.05) is 0 Å². The van der Waals surface area contributed by atoms with Gasteiger partial charge >= 0.3 is 0 Å². The van der Waals surface area contributed by atoms with Crippen molar-refractivity contribution < 1.29 is 10.2 Å². The molecule has 0 saturated heterocycles. The molecule has 62 valence electrons. The van der Waals surface area contributed by atoms with Crippen LogP contribution >= 0.6 is 0 Å². The molecule has 5 nitrogen and oxygen atoms in total. The second kappa shape index (κ2) is 2.10. The van der Waals surface area contributed by atoms with Gasteiger partial charge in [0.25, 0.3) is 0 Å². The number of phenolic OH excluding ortho intramolecular Hbond substituents is 2. The molecule has 0 saturated carbocycles. The highest BCUT2D eigenvalue weighted by Crippen LogP contribution is 2.27. The van der Waals surface area contributed by atoms with E-state index in [0.29, 0.717) is 11.0 Å². The Bertz CT molecular complexity index is 396. The summed E-state index contributed by atoms with van der Waals surface area (Å²) in [5.41, 5.74) is 1.13. The number of aryl methyl sites for hydroxylation is 1. The second-order valence-corrected chi connectivity index (χ2v) is 2.52. The minimum Gasteiger partial charge on any atom is -0.504 e. The SMILES string of the molecule is Cn1nc2cc(O)c(O)cc2n1. The molecule has 0 spiro atoms. The topological polar surface area (TPSA) is 71.2 Å². The fraction of sp³-hybridized carbons (Fsp3) is 0.143. The summed E-state index contributed by atoms with van der Waals surface area (Å²) in [4.78, 5) is 1.38. The van der Waals surface area contributed by atoms with Crippen LogP contribution in [0.4, 0.5) is 0 Å². The Balaban J connectivity index is 2.83. The highest BCUT2D eigenvalue weighted by atomic mass is 16.3. The van der Waals surface area contributed by atoms with Crippen LogP contribution in [-0.2, 0) is 7.05 Å². The Hall–Kier alpha value is -1.78. The molecule has 0 aliphatic carbocycles. The van der Waals surface area contributed by atoms with Crippen LogP contribution < -0.4 is 0 Å². The third kappa shape index (κ3) is 0.868. The van der Waals surface area contributed by atoms with Gasteiger partial charge in [0, 0.05) is 19.2 Å². The maximum Gasteiger partial charge on any atom is 0.159 e. The fourth-order valence-electron chi connectivity index (χ4n) is 1.05. The molecular formula is C7H7N3O2. The number of hydrogen-bond acceptors (Lipinski definition) is 4. The highest BCUT2D eigenvalue weighted by molar-refractivity contribution is 5.77. The molecule has 0 aliphatic heterocycles. The van der Waals surface area contributed by atoms with E-state index in [1.165, 1.54) is 16.9 Å². The lowest BCUT2D eigenvalue weighted by Gasteiger charge is -1.93. The summed E-state index contributed by atoms with van der Waals surface area (Å²) < 4.78 is 0. The van der Waals surface area contributed by atoms with E-state index >= 15 is 0 Å². The van der Waals surface area contributed by atoms with Gasteiger partial charge < -0.3 is 10.2 Å². The largest absolute Gasteiger partial charge is 0.504 e. The van der Waals surface area contributed by atoms with E-state index in [2.05, 4.69) is 10.2 Å². The summed E-state index contributed by atoms with van der Waals surface area (Å²) >= 11 is 0. The monoisotopic (exact) mass is 165 g/mol. The van der Waals surface area contributed by atoms with E-state index in [-0.39, 0.29) is 11.5 Å². The van der Waals surface area contributed by atoms with Gasteiger partial charge in [-0.1, -0.05) is 0 Å². The Morgan fingerprint density at radius 3 is 1.92 bits per heavy atom. The van der Waals surface area contributed by atoms with Crippen LogP contribution in [0.2, 0.25) is 0 Å². The summed E-state index contributed by atoms with van der Waals surface area (Å²) in [7, 11) is 1.67. The molecule has 5 heteroatoms. The van der Waals surface area contributed by atoms with Crippen molar-refractivity contribution in [3.8, 4) is 11.5 Å². The molecule has 1 aromatic carbocycles. The average Bonchev–Trinajstić information content (AvgIpc) is 2.30. The maximum atomic E-state index is 9.10. The number of aromatic nitrogens is 3. The van der Waals surface area contributed by atoms with Crippen molar-refractivity contribution in [2.45, 2.75) is 0 Å². The van der Waals surface area contributed by atoms with E-state index in [1.54, 1.807) is 7.05 Å². The molecule has 1 heterocycles. The van der Waals surface area contributed by atoms with Crippen molar-refractivity contribution in [1.29, 1.82) is 0 Å². The van der Waals surface area contributed by atoms with E-state index in [4.69, 9.17) is 10.2 Å². The van der Waals surface area contributed by atoms with Crippen LogP contribution in [0.1, 0.15) is 0 Å². The van der Waals surface area contributed by atoms with Crippen molar-refractivity contribution in [3.63, 3.8) is 0 Å². The lowest BCUT2D eigenvalue weighted by atomic mass is 10.3. The number of fused-ring (bicyclic) bond motifs is 1. The van der Waals surface area contributed by atoms with E-state index in [0.717, 1.165) is 0 Å². The molecule has 0 aliphatic rings. The van der Waals surface area contributed by atoms with Gasteiger partial charge in [0.15, 0.2) is 11.5 Å². The van der Waals surface area contributed by atoms with Gasteiger partial charge in [-0.05, 0) is 0 Å². The fourth-order valence-corrected chi connectivity index (χ4v) is 1.05. The number of benzene rings is 1. The average molecular weight is 165 g/mol. The zero-order valence-corrected chi connectivity index (χ0v) is 6.39. The minimum atomic E-state index is -0.178. The van der Waals surface area contributed by atoms with Crippen LogP contribution in [0.15, 0.2) is 12.1 Å². The van der Waals surface area contributed by atoms with Gasteiger partial charge in [0.1, 0.15) is 11.0 Å². The zero-order chi connectivity index (χ0) is 8.72. The lowest BCUT2D eigenvalue weighted by Crippen LogP contribution is -1.90. The summed E-state index contributed by atoms with van der Waals surface area (Å²) in [5, 5.41) is 26.1. The first-order chi connectivity index (χ1) is 5.66. The van der Waals surface area contributed by atoms with Crippen LogP contribution in [-0.4, -0.2) is 25.2 Å². The maximum absolute atomic E-state index is 9.10. The Kier molecular flexibility index (Phi) is 1.21. The molecule has 0 bridgehead atoms. The third-order valence-electron chi connectivity index (χ3n) is 1.58. The molecule has 1 aromatic heterocycles. The van der Waals surface area contributed by atoms with Crippen LogP contribution in [0, 0.1) is 0 Å². The number of phenols is 2. The van der Waals surface area contributed by atoms with Gasteiger partial charge in [-0.15, -0.1) is 0 Å². The molecule has 2 rings (SSSR count). The number of rotatable bonds is 0. The highest BCUT2D eigenvalue weighted by Gasteiger charge is 2.05. The molecule has 0 fully saturated rings. The first-order valence-corrected chi connectivity index (χ1v) is 3.40. The molecule has 0 amide bonds. The molecule has 2 N–H and O–H groups in total. The van der Waals surface area contributed by atoms with Crippen LogP contribution in [0.5, 0.6) is 11.5 Å². The summed E-state index contributed by atoms with van der Waals surface area (Å²) in [5.74, 6) is -0.356. The van der Waals surface area contributed by atoms with Gasteiger partial charge in [-0.3, -0.25) is 0 Å². The number of nitrogens with zero attached hydrogens (tertiary/aromatic N) is 3. The number of hydrogen-bond donors (Lipinski definition) is 2. The normalized spacial score (nSPS) is 10.8. The first kappa shape index (κ1) is 6.90. The Morgan fingerprint density at radius 2 is 1.50 bits per heavy atom. The van der Waals surface area contributed by atoms with Gasteiger partial charge in [-0.2, -0.15) is 15.0 Å². The van der Waals surface area contributed by atoms with Crippen molar-refractivity contribution in [2.24, 2.45) is 7.05 Å². The zero-order valence-electron chi connectivity index (χ0n) is 6.39. The van der Waals surface area contributed by atoms with Gasteiger partial charge in [-0.25, -0.2) is 0 Å². The van der Waals surface area contributed by atoms with Gasteiger partial charge in [0.2, 0.25) is 0 Å². The van der Waals surface area contributed by atoms with E-state index < -0.39 is 0 Å². The predicted octanol–water partition coefficient (Wildman–Crippen LogP) is 0.379. The Labute approximate surface area is 67.9 Å². The second-order valence-electron chi connectivity index (χ2n) is 2.52. The Morgan fingerprint density at radius 1 is 1.08 bits per heavy atom. The smallest absolute Gasteiger partial charge is 0.159 e. The predicted molar refractivity (Wildman–Crippen MR) is 41.8 cm³/mol. The van der Waals surface area contributed by atoms with E-state index in [9.17, 15) is 0 Å². The van der Waals surface area contributed by atoms with Crippen molar-refractivity contribution >= 4 is 11.0 Å². The van der Waals surface area contributed by atoms with Crippen LogP contribution in [0.25, 0.3) is 11.0 Å². The summed E-state index contributed by atoms with van der Waals surface area (Å²) in [6, 6.07) is 2.75. The standard InChI is InChI=1S/C7H7N3O2/c1-10-8-4-2-6(11)7(12)3-5(4)9-10/h2-3,11-12H,1H3. The summed E-state index contributed by atoms with van der Waals surface area (Å²) in [6.07, 6.45) is 0. The first-order valence-electron chi connectivity index (χ1n) is 3.40. The van der Waals surface area contributed by atoms with Crippen molar-refractivity contribution in [3.05, 3.63) is 12.1 Å². The molecule has 0 unspecified atom stereocenters. The summed E-state index contributed by atoms with van der Waals surface area (Å²) in [6.45, 7) is 0. The molecule has 0 radical (unpaired) electrons. The third-order valence-corrected chi connectivity index (χ3v) is 1.58.